The molecule has 140 valence electrons. The van der Waals surface area contributed by atoms with Gasteiger partial charge in [-0.3, -0.25) is 9.69 Å². The highest BCUT2D eigenvalue weighted by Crippen LogP contribution is 2.51. The Hall–Kier alpha value is -2.44. The van der Waals surface area contributed by atoms with Gasteiger partial charge in [0.05, 0.1) is 25.8 Å². The van der Waals surface area contributed by atoms with Crippen molar-refractivity contribution in [2.75, 3.05) is 20.3 Å². The van der Waals surface area contributed by atoms with Crippen molar-refractivity contribution in [3.05, 3.63) is 59.8 Å². The number of carbonyl (C=O) groups excluding carboxylic acids is 1. The third kappa shape index (κ3) is 2.55. The van der Waals surface area contributed by atoms with E-state index in [9.17, 15) is 4.79 Å². The minimum absolute atomic E-state index is 0.0182. The van der Waals surface area contributed by atoms with Crippen LogP contribution < -0.4 is 4.74 Å². The number of nitrogens with zero attached hydrogens (tertiary/aromatic N) is 3. The quantitative estimate of drug-likeness (QED) is 0.833. The Morgan fingerprint density at radius 2 is 2.15 bits per heavy atom. The van der Waals surface area contributed by atoms with E-state index in [1.165, 1.54) is 0 Å². The number of methoxy groups -OCH3 is 1. The van der Waals surface area contributed by atoms with Crippen molar-refractivity contribution >= 4 is 5.91 Å². The molecular formula is C21H23N3O3. The second kappa shape index (κ2) is 6.32. The highest BCUT2D eigenvalue weighted by atomic mass is 16.5. The predicted octanol–water partition coefficient (Wildman–Crippen LogP) is 2.36. The average molecular weight is 365 g/mol. The molecule has 1 aromatic heterocycles. The van der Waals surface area contributed by atoms with E-state index in [1.54, 1.807) is 13.3 Å². The van der Waals surface area contributed by atoms with E-state index in [0.29, 0.717) is 18.9 Å². The fourth-order valence-corrected chi connectivity index (χ4v) is 4.93. The van der Waals surface area contributed by atoms with Gasteiger partial charge in [-0.15, -0.1) is 0 Å². The zero-order valence-electron chi connectivity index (χ0n) is 15.4. The molecular weight excluding hydrogens is 342 g/mol. The van der Waals surface area contributed by atoms with Gasteiger partial charge >= 0.3 is 0 Å². The first kappa shape index (κ1) is 16.7. The van der Waals surface area contributed by atoms with Gasteiger partial charge in [-0.1, -0.05) is 30.3 Å². The van der Waals surface area contributed by atoms with E-state index >= 15 is 0 Å². The lowest BCUT2D eigenvalue weighted by Gasteiger charge is -2.33. The van der Waals surface area contributed by atoms with E-state index < -0.39 is 5.72 Å². The Morgan fingerprint density at radius 1 is 1.30 bits per heavy atom. The van der Waals surface area contributed by atoms with Gasteiger partial charge in [0.25, 0.3) is 0 Å². The van der Waals surface area contributed by atoms with E-state index in [4.69, 9.17) is 9.47 Å². The van der Waals surface area contributed by atoms with E-state index in [0.717, 1.165) is 30.6 Å². The van der Waals surface area contributed by atoms with Crippen LogP contribution in [-0.4, -0.2) is 52.7 Å². The van der Waals surface area contributed by atoms with Crippen LogP contribution in [0.1, 0.15) is 30.0 Å². The summed E-state index contributed by atoms with van der Waals surface area (Å²) in [6, 6.07) is 14.3. The summed E-state index contributed by atoms with van der Waals surface area (Å²) in [7, 11) is 1.63. The van der Waals surface area contributed by atoms with Gasteiger partial charge in [0.15, 0.2) is 5.72 Å². The number of ether oxygens (including phenoxy) is 2. The smallest absolute Gasteiger partial charge is 0.227 e. The summed E-state index contributed by atoms with van der Waals surface area (Å²) < 4.78 is 11.6. The van der Waals surface area contributed by atoms with Gasteiger partial charge in [0.2, 0.25) is 11.8 Å². The van der Waals surface area contributed by atoms with Gasteiger partial charge in [-0.05, 0) is 17.2 Å². The zero-order valence-corrected chi connectivity index (χ0v) is 15.4. The topological polar surface area (TPSA) is 54.9 Å². The second-order valence-electron chi connectivity index (χ2n) is 7.49. The first-order chi connectivity index (χ1) is 13.2. The number of amides is 1. The van der Waals surface area contributed by atoms with Crippen LogP contribution in [-0.2, 0) is 16.1 Å². The normalized spacial score (nSPS) is 29.8. The molecule has 3 aliphatic heterocycles. The third-order valence-electron chi connectivity index (χ3n) is 6.14. The summed E-state index contributed by atoms with van der Waals surface area (Å²) in [5.74, 6) is 0.815. The van der Waals surface area contributed by atoms with Gasteiger partial charge in [0.1, 0.15) is 0 Å². The van der Waals surface area contributed by atoms with Crippen molar-refractivity contribution in [1.82, 2.24) is 14.8 Å². The Balaban J connectivity index is 1.40. The molecule has 1 aromatic carbocycles. The van der Waals surface area contributed by atoms with Gasteiger partial charge < -0.3 is 14.4 Å². The van der Waals surface area contributed by atoms with Crippen molar-refractivity contribution < 1.29 is 14.3 Å². The molecule has 5 rings (SSSR count). The summed E-state index contributed by atoms with van der Waals surface area (Å²) in [6.45, 7) is 2.26. The highest BCUT2D eigenvalue weighted by Gasteiger charge is 2.64. The number of carbonyl (C=O) groups is 1. The summed E-state index contributed by atoms with van der Waals surface area (Å²) in [4.78, 5) is 21.5. The molecule has 0 aliphatic carbocycles. The van der Waals surface area contributed by atoms with Crippen molar-refractivity contribution in [1.29, 1.82) is 0 Å². The van der Waals surface area contributed by atoms with Crippen LogP contribution in [0, 0.1) is 0 Å². The van der Waals surface area contributed by atoms with Crippen molar-refractivity contribution in [2.45, 2.75) is 37.2 Å². The molecule has 3 atom stereocenters. The standard InChI is InChI=1S/C21H23N3O3/c1-26-19-11-15(7-9-22-19)13-23-10-8-21-18(23)12-20(25)24(21)17(14-27-21)16-5-3-2-4-6-16/h2-7,9,11,17-18H,8,10,12-14H2,1H3/t17-,18+,21-/m0/s1. The van der Waals surface area contributed by atoms with Gasteiger partial charge in [-0.25, -0.2) is 4.98 Å². The lowest BCUT2D eigenvalue weighted by Crippen LogP contribution is -2.48. The lowest BCUT2D eigenvalue weighted by molar-refractivity contribution is -0.138. The van der Waals surface area contributed by atoms with Crippen LogP contribution in [0.3, 0.4) is 0 Å². The maximum absolute atomic E-state index is 12.9. The number of hydrogen-bond acceptors (Lipinski definition) is 5. The van der Waals surface area contributed by atoms with E-state index in [2.05, 4.69) is 22.0 Å². The molecule has 0 radical (unpaired) electrons. The van der Waals surface area contributed by atoms with E-state index in [-0.39, 0.29) is 18.0 Å². The van der Waals surface area contributed by atoms with Crippen LogP contribution >= 0.6 is 0 Å². The molecule has 0 bridgehead atoms. The molecule has 2 aromatic rings. The van der Waals surface area contributed by atoms with E-state index in [1.807, 2.05) is 35.2 Å². The van der Waals surface area contributed by atoms with Gasteiger partial charge in [-0.2, -0.15) is 0 Å². The molecule has 6 heteroatoms. The van der Waals surface area contributed by atoms with Crippen LogP contribution in [0.25, 0.3) is 0 Å². The first-order valence-corrected chi connectivity index (χ1v) is 9.45. The molecule has 0 N–H and O–H groups in total. The fourth-order valence-electron chi connectivity index (χ4n) is 4.93. The molecule has 6 nitrogen and oxygen atoms in total. The number of pyridine rings is 1. The molecule has 0 saturated carbocycles. The van der Waals surface area contributed by atoms with Crippen molar-refractivity contribution in [3.63, 3.8) is 0 Å². The first-order valence-electron chi connectivity index (χ1n) is 9.45. The Labute approximate surface area is 158 Å². The molecule has 0 unspecified atom stereocenters. The number of likely N-dealkylation sites (tertiary alicyclic amines) is 1. The highest BCUT2D eigenvalue weighted by molar-refractivity contribution is 5.82. The van der Waals surface area contributed by atoms with Crippen molar-refractivity contribution in [3.8, 4) is 5.88 Å². The average Bonchev–Trinajstić information content (AvgIpc) is 3.33. The minimum Gasteiger partial charge on any atom is -0.481 e. The monoisotopic (exact) mass is 365 g/mol. The predicted molar refractivity (Wildman–Crippen MR) is 98.9 cm³/mol. The lowest BCUT2D eigenvalue weighted by atomic mass is 10.0. The largest absolute Gasteiger partial charge is 0.481 e. The van der Waals surface area contributed by atoms with Crippen LogP contribution in [0.5, 0.6) is 5.88 Å². The molecule has 27 heavy (non-hydrogen) atoms. The molecule has 1 spiro atoms. The minimum atomic E-state index is -0.477. The Kier molecular flexibility index (Phi) is 3.91. The summed E-state index contributed by atoms with van der Waals surface area (Å²) in [5, 5.41) is 0. The molecule has 1 amide bonds. The number of aromatic nitrogens is 1. The molecule has 3 saturated heterocycles. The molecule has 4 heterocycles. The zero-order chi connectivity index (χ0) is 18.4. The number of benzene rings is 1. The molecule has 3 fully saturated rings. The summed E-state index contributed by atoms with van der Waals surface area (Å²) in [5.41, 5.74) is 1.82. The van der Waals surface area contributed by atoms with Crippen LogP contribution in [0.15, 0.2) is 48.7 Å². The van der Waals surface area contributed by atoms with Crippen LogP contribution in [0.4, 0.5) is 0 Å². The Bertz CT molecular complexity index is 859. The number of hydrogen-bond donors (Lipinski definition) is 0. The summed E-state index contributed by atoms with van der Waals surface area (Å²) >= 11 is 0. The van der Waals surface area contributed by atoms with Gasteiger partial charge in [0, 0.05) is 38.2 Å². The molecule has 3 aliphatic rings. The van der Waals surface area contributed by atoms with Crippen LogP contribution in [0.2, 0.25) is 0 Å². The number of rotatable bonds is 4. The maximum Gasteiger partial charge on any atom is 0.227 e. The fraction of sp³-hybridized carbons (Fsp3) is 0.429. The maximum atomic E-state index is 12.9. The second-order valence-corrected chi connectivity index (χ2v) is 7.49. The van der Waals surface area contributed by atoms with Crippen molar-refractivity contribution in [2.24, 2.45) is 0 Å². The third-order valence-corrected chi connectivity index (χ3v) is 6.14. The Morgan fingerprint density at radius 3 is 2.96 bits per heavy atom. The summed E-state index contributed by atoms with van der Waals surface area (Å²) in [6.07, 6.45) is 3.14. The SMILES string of the molecule is COc1cc(CN2CC[C@@]34OC[C@@H](c5ccccc5)N3C(=O)C[C@@H]24)ccn1.